The first-order valence-electron chi connectivity index (χ1n) is 6.19. The van der Waals surface area contributed by atoms with Crippen LogP contribution in [0.15, 0.2) is 57.5 Å². The van der Waals surface area contributed by atoms with Gasteiger partial charge in [-0.3, -0.25) is 0 Å². The Morgan fingerprint density at radius 3 is 2.50 bits per heavy atom. The van der Waals surface area contributed by atoms with Crippen molar-refractivity contribution in [3.63, 3.8) is 0 Å². The lowest BCUT2D eigenvalue weighted by Crippen LogP contribution is -2.26. The number of halogens is 2. The number of rotatable bonds is 6. The summed E-state index contributed by atoms with van der Waals surface area (Å²) < 4.78 is 7.51. The molecule has 106 valence electrons. The Morgan fingerprint density at radius 2 is 1.80 bits per heavy atom. The zero-order valence-corrected chi connectivity index (χ0v) is 13.9. The Morgan fingerprint density at radius 1 is 1.05 bits per heavy atom. The van der Waals surface area contributed by atoms with Gasteiger partial charge in [0.25, 0.3) is 0 Å². The highest BCUT2D eigenvalue weighted by molar-refractivity contribution is 9.10. The minimum absolute atomic E-state index is 0.250. The summed E-state index contributed by atoms with van der Waals surface area (Å²) in [6.07, 6.45) is -0.572. The van der Waals surface area contributed by atoms with Gasteiger partial charge in [0.15, 0.2) is 0 Å². The molecule has 20 heavy (non-hydrogen) atoms. The fraction of sp³-hybridized carbons (Fsp3) is 0.200. The van der Waals surface area contributed by atoms with Crippen LogP contribution in [0.3, 0.4) is 0 Å². The van der Waals surface area contributed by atoms with E-state index in [4.69, 9.17) is 4.74 Å². The van der Waals surface area contributed by atoms with Gasteiger partial charge in [-0.2, -0.15) is 0 Å². The molecule has 0 saturated carbocycles. The molecule has 2 rings (SSSR count). The van der Waals surface area contributed by atoms with E-state index in [0.29, 0.717) is 6.54 Å². The van der Waals surface area contributed by atoms with Gasteiger partial charge in [-0.05, 0) is 42.5 Å². The number of benzene rings is 2. The second kappa shape index (κ2) is 7.67. The predicted molar refractivity (Wildman–Crippen MR) is 88.3 cm³/mol. The monoisotopic (exact) mass is 399 g/mol. The highest BCUT2D eigenvalue weighted by atomic mass is 79.9. The SMILES string of the molecule is OC(CNc1ccc(Br)cc1)COc1cccc(Br)c1. The predicted octanol–water partition coefficient (Wildman–Crippen LogP) is 4.06. The normalized spacial score (nSPS) is 11.9. The molecule has 0 aliphatic carbocycles. The smallest absolute Gasteiger partial charge is 0.120 e. The number of ether oxygens (including phenoxy) is 1. The number of hydrogen-bond acceptors (Lipinski definition) is 3. The van der Waals surface area contributed by atoms with Crippen molar-refractivity contribution in [1.82, 2.24) is 0 Å². The van der Waals surface area contributed by atoms with Gasteiger partial charge in [0.2, 0.25) is 0 Å². The summed E-state index contributed by atoms with van der Waals surface area (Å²) in [6.45, 7) is 0.690. The van der Waals surface area contributed by atoms with Crippen molar-refractivity contribution in [1.29, 1.82) is 0 Å². The lowest BCUT2D eigenvalue weighted by molar-refractivity contribution is 0.117. The van der Waals surface area contributed by atoms with Crippen LogP contribution in [0, 0.1) is 0 Å². The molecule has 1 unspecified atom stereocenters. The third-order valence-electron chi connectivity index (χ3n) is 2.62. The van der Waals surface area contributed by atoms with Crippen LogP contribution >= 0.6 is 31.9 Å². The fourth-order valence-corrected chi connectivity index (χ4v) is 2.25. The number of nitrogens with one attached hydrogen (secondary N) is 1. The van der Waals surface area contributed by atoms with Crippen molar-refractivity contribution >= 4 is 37.5 Å². The van der Waals surface area contributed by atoms with E-state index in [1.165, 1.54) is 0 Å². The Bertz CT molecular complexity index is 546. The van der Waals surface area contributed by atoms with Crippen LogP contribution in [-0.4, -0.2) is 24.4 Å². The quantitative estimate of drug-likeness (QED) is 0.768. The fourth-order valence-electron chi connectivity index (χ4n) is 1.61. The molecular formula is C15H15Br2NO2. The lowest BCUT2D eigenvalue weighted by atomic mass is 10.3. The summed E-state index contributed by atoms with van der Waals surface area (Å²) >= 11 is 6.76. The molecule has 0 aromatic heterocycles. The van der Waals surface area contributed by atoms with Gasteiger partial charge in [0, 0.05) is 21.2 Å². The minimum atomic E-state index is -0.572. The minimum Gasteiger partial charge on any atom is -0.491 e. The summed E-state index contributed by atoms with van der Waals surface area (Å²) in [6, 6.07) is 15.4. The molecular weight excluding hydrogens is 386 g/mol. The van der Waals surface area contributed by atoms with E-state index in [1.54, 1.807) is 0 Å². The summed E-state index contributed by atoms with van der Waals surface area (Å²) in [7, 11) is 0. The molecule has 0 bridgehead atoms. The molecule has 0 saturated heterocycles. The summed E-state index contributed by atoms with van der Waals surface area (Å²) in [5.74, 6) is 0.738. The topological polar surface area (TPSA) is 41.5 Å². The first kappa shape index (κ1) is 15.4. The third-order valence-corrected chi connectivity index (χ3v) is 3.65. The van der Waals surface area contributed by atoms with E-state index < -0.39 is 6.10 Å². The van der Waals surface area contributed by atoms with Crippen molar-refractivity contribution in [3.8, 4) is 5.75 Å². The molecule has 0 radical (unpaired) electrons. The van der Waals surface area contributed by atoms with Crippen LogP contribution in [0.5, 0.6) is 5.75 Å². The third kappa shape index (κ3) is 5.15. The summed E-state index contributed by atoms with van der Waals surface area (Å²) in [5.41, 5.74) is 0.967. The molecule has 0 aliphatic heterocycles. The second-order valence-corrected chi connectivity index (χ2v) is 6.14. The van der Waals surface area contributed by atoms with Gasteiger partial charge in [-0.25, -0.2) is 0 Å². The largest absolute Gasteiger partial charge is 0.491 e. The van der Waals surface area contributed by atoms with E-state index >= 15 is 0 Å². The van der Waals surface area contributed by atoms with Crippen molar-refractivity contribution < 1.29 is 9.84 Å². The van der Waals surface area contributed by atoms with Crippen LogP contribution in [0.1, 0.15) is 0 Å². The van der Waals surface area contributed by atoms with Crippen molar-refractivity contribution in [2.24, 2.45) is 0 Å². The average Bonchev–Trinajstić information content (AvgIpc) is 2.45. The van der Waals surface area contributed by atoms with Crippen LogP contribution < -0.4 is 10.1 Å². The maximum absolute atomic E-state index is 9.89. The van der Waals surface area contributed by atoms with Gasteiger partial charge < -0.3 is 15.2 Å². The number of anilines is 1. The zero-order valence-electron chi connectivity index (χ0n) is 10.7. The molecule has 2 aromatic carbocycles. The molecule has 0 aliphatic rings. The van der Waals surface area contributed by atoms with E-state index in [2.05, 4.69) is 37.2 Å². The molecule has 0 spiro atoms. The number of aliphatic hydroxyl groups is 1. The van der Waals surface area contributed by atoms with Crippen molar-refractivity contribution in [3.05, 3.63) is 57.5 Å². The van der Waals surface area contributed by atoms with E-state index in [0.717, 1.165) is 20.4 Å². The van der Waals surface area contributed by atoms with Gasteiger partial charge in [0.05, 0.1) is 0 Å². The molecule has 0 fully saturated rings. The first-order valence-corrected chi connectivity index (χ1v) is 7.78. The highest BCUT2D eigenvalue weighted by Crippen LogP contribution is 2.18. The van der Waals surface area contributed by atoms with E-state index in [1.807, 2.05) is 48.5 Å². The summed E-state index contributed by atoms with van der Waals surface area (Å²) in [5, 5.41) is 13.0. The Balaban J connectivity index is 1.75. The van der Waals surface area contributed by atoms with Gasteiger partial charge in [-0.1, -0.05) is 37.9 Å². The van der Waals surface area contributed by atoms with E-state index in [9.17, 15) is 5.11 Å². The van der Waals surface area contributed by atoms with Crippen molar-refractivity contribution in [2.75, 3.05) is 18.5 Å². The van der Waals surface area contributed by atoms with Crippen LogP contribution in [-0.2, 0) is 0 Å². The second-order valence-electron chi connectivity index (χ2n) is 4.31. The van der Waals surface area contributed by atoms with Crippen LogP contribution in [0.25, 0.3) is 0 Å². The Hall–Kier alpha value is -1.04. The van der Waals surface area contributed by atoms with Crippen molar-refractivity contribution in [2.45, 2.75) is 6.10 Å². The molecule has 2 N–H and O–H groups in total. The first-order chi connectivity index (χ1) is 9.63. The highest BCUT2D eigenvalue weighted by Gasteiger charge is 2.05. The number of hydrogen-bond donors (Lipinski definition) is 2. The van der Waals surface area contributed by atoms with Gasteiger partial charge in [0.1, 0.15) is 18.5 Å². The lowest BCUT2D eigenvalue weighted by Gasteiger charge is -2.14. The standard InChI is InChI=1S/C15H15Br2NO2/c16-11-4-6-13(7-5-11)18-9-14(19)10-20-15-3-1-2-12(17)8-15/h1-8,14,18-19H,9-10H2. The van der Waals surface area contributed by atoms with Gasteiger partial charge >= 0.3 is 0 Å². The molecule has 3 nitrogen and oxygen atoms in total. The summed E-state index contributed by atoms with van der Waals surface area (Å²) in [4.78, 5) is 0. The maximum atomic E-state index is 9.89. The Kier molecular flexibility index (Phi) is 5.88. The maximum Gasteiger partial charge on any atom is 0.120 e. The van der Waals surface area contributed by atoms with Crippen LogP contribution in [0.4, 0.5) is 5.69 Å². The Labute approximate surface area is 135 Å². The molecule has 1 atom stereocenters. The molecule has 0 heterocycles. The van der Waals surface area contributed by atoms with Gasteiger partial charge in [-0.15, -0.1) is 0 Å². The molecule has 0 amide bonds. The average molecular weight is 401 g/mol. The molecule has 5 heteroatoms. The zero-order chi connectivity index (χ0) is 14.4. The van der Waals surface area contributed by atoms with Crippen LogP contribution in [0.2, 0.25) is 0 Å². The van der Waals surface area contributed by atoms with E-state index in [-0.39, 0.29) is 6.61 Å². The number of aliphatic hydroxyl groups excluding tert-OH is 1. The molecule has 2 aromatic rings.